The highest BCUT2D eigenvalue weighted by Gasteiger charge is 2.21. The van der Waals surface area contributed by atoms with Crippen LogP contribution in [0.3, 0.4) is 0 Å². The number of benzene rings is 2. The molecule has 9 heteroatoms. The van der Waals surface area contributed by atoms with Crippen molar-refractivity contribution < 1.29 is 13.7 Å². The number of hydrogen-bond donors (Lipinski definition) is 1. The SMILES string of the molecule is O=C(Nc1cccc(-c2nc(-c3ccc4c(c3)nnn4C3CCCC3)no2)c1)c1ccco1. The van der Waals surface area contributed by atoms with Crippen LogP contribution in [0.4, 0.5) is 5.69 Å². The molecule has 6 rings (SSSR count). The molecule has 1 aliphatic rings. The Kier molecular flexibility index (Phi) is 4.71. The molecule has 0 radical (unpaired) electrons. The van der Waals surface area contributed by atoms with Gasteiger partial charge in [-0.15, -0.1) is 5.10 Å². The molecule has 2 aromatic carbocycles. The molecule has 0 unspecified atom stereocenters. The fourth-order valence-corrected chi connectivity index (χ4v) is 4.29. The highest BCUT2D eigenvalue weighted by Crippen LogP contribution is 2.32. The first-order chi connectivity index (χ1) is 16.2. The minimum Gasteiger partial charge on any atom is -0.459 e. The second-order valence-corrected chi connectivity index (χ2v) is 8.11. The van der Waals surface area contributed by atoms with Crippen LogP contribution in [0.1, 0.15) is 42.3 Å². The molecule has 0 saturated heterocycles. The van der Waals surface area contributed by atoms with Gasteiger partial charge in [0.2, 0.25) is 5.82 Å². The Bertz CT molecular complexity index is 1430. The molecule has 9 nitrogen and oxygen atoms in total. The van der Waals surface area contributed by atoms with E-state index in [1.54, 1.807) is 24.3 Å². The van der Waals surface area contributed by atoms with Crippen molar-refractivity contribution in [1.29, 1.82) is 0 Å². The van der Waals surface area contributed by atoms with E-state index in [-0.39, 0.29) is 11.7 Å². The molecule has 5 aromatic rings. The molecule has 3 aromatic heterocycles. The van der Waals surface area contributed by atoms with E-state index >= 15 is 0 Å². The lowest BCUT2D eigenvalue weighted by Crippen LogP contribution is -2.10. The van der Waals surface area contributed by atoms with Crippen molar-refractivity contribution in [1.82, 2.24) is 25.1 Å². The third-order valence-corrected chi connectivity index (χ3v) is 5.94. The second-order valence-electron chi connectivity index (χ2n) is 8.11. The van der Waals surface area contributed by atoms with Gasteiger partial charge < -0.3 is 14.3 Å². The fraction of sp³-hybridized carbons (Fsp3) is 0.208. The highest BCUT2D eigenvalue weighted by atomic mass is 16.5. The van der Waals surface area contributed by atoms with Gasteiger partial charge in [0, 0.05) is 16.8 Å². The average molecular weight is 440 g/mol. The third kappa shape index (κ3) is 3.67. The standard InChI is InChI=1S/C24H20N6O3/c31-23(21-9-4-12-32-21)25-17-6-3-5-16(13-17)24-26-22(28-33-24)15-10-11-20-19(14-15)27-29-30(20)18-7-1-2-8-18/h3-6,9-14,18H,1-2,7-8H2,(H,25,31). The minimum atomic E-state index is -0.331. The summed E-state index contributed by atoms with van der Waals surface area (Å²) in [6.45, 7) is 0. The molecular formula is C24H20N6O3. The van der Waals surface area contributed by atoms with Gasteiger partial charge in [0.1, 0.15) is 5.52 Å². The Balaban J connectivity index is 1.25. The molecule has 1 saturated carbocycles. The van der Waals surface area contributed by atoms with Gasteiger partial charge in [-0.25, -0.2) is 4.68 Å². The molecule has 0 aliphatic heterocycles. The number of amides is 1. The normalized spacial score (nSPS) is 14.2. The third-order valence-electron chi connectivity index (χ3n) is 5.94. The van der Waals surface area contributed by atoms with Crippen LogP contribution in [0, 0.1) is 0 Å². The molecule has 1 N–H and O–H groups in total. The van der Waals surface area contributed by atoms with Crippen molar-refractivity contribution in [2.45, 2.75) is 31.7 Å². The number of carbonyl (C=O) groups excluding carboxylic acids is 1. The zero-order valence-electron chi connectivity index (χ0n) is 17.6. The van der Waals surface area contributed by atoms with Gasteiger partial charge in [0.05, 0.1) is 17.8 Å². The molecule has 0 atom stereocenters. The number of carbonyl (C=O) groups is 1. The Labute approximate surface area is 188 Å². The maximum absolute atomic E-state index is 12.2. The lowest BCUT2D eigenvalue weighted by molar-refractivity contribution is 0.0996. The van der Waals surface area contributed by atoms with E-state index in [0.717, 1.165) is 29.4 Å². The van der Waals surface area contributed by atoms with E-state index in [1.807, 2.05) is 35.0 Å². The predicted molar refractivity (Wildman–Crippen MR) is 120 cm³/mol. The van der Waals surface area contributed by atoms with Gasteiger partial charge in [-0.05, 0) is 61.4 Å². The summed E-state index contributed by atoms with van der Waals surface area (Å²) >= 11 is 0. The van der Waals surface area contributed by atoms with Gasteiger partial charge in [-0.1, -0.05) is 29.3 Å². The number of rotatable bonds is 5. The first-order valence-electron chi connectivity index (χ1n) is 10.9. The smallest absolute Gasteiger partial charge is 0.291 e. The fourth-order valence-electron chi connectivity index (χ4n) is 4.29. The lowest BCUT2D eigenvalue weighted by Gasteiger charge is -2.09. The van der Waals surface area contributed by atoms with Crippen molar-refractivity contribution in [3.63, 3.8) is 0 Å². The van der Waals surface area contributed by atoms with Gasteiger partial charge >= 0.3 is 0 Å². The summed E-state index contributed by atoms with van der Waals surface area (Å²) in [5.41, 5.74) is 3.93. The van der Waals surface area contributed by atoms with Gasteiger partial charge in [-0.3, -0.25) is 4.79 Å². The zero-order chi connectivity index (χ0) is 22.2. The van der Waals surface area contributed by atoms with Gasteiger partial charge in [0.15, 0.2) is 5.76 Å². The largest absolute Gasteiger partial charge is 0.459 e. The van der Waals surface area contributed by atoms with Crippen LogP contribution in [0.25, 0.3) is 33.9 Å². The highest BCUT2D eigenvalue weighted by molar-refractivity contribution is 6.02. The minimum absolute atomic E-state index is 0.237. The van der Waals surface area contributed by atoms with Crippen LogP contribution in [-0.4, -0.2) is 31.0 Å². The van der Waals surface area contributed by atoms with E-state index in [0.29, 0.717) is 29.0 Å². The van der Waals surface area contributed by atoms with Crippen LogP contribution in [0.5, 0.6) is 0 Å². The Morgan fingerprint density at radius 3 is 2.79 bits per heavy atom. The maximum Gasteiger partial charge on any atom is 0.291 e. The van der Waals surface area contributed by atoms with Crippen molar-refractivity contribution in [2.75, 3.05) is 5.32 Å². The van der Waals surface area contributed by atoms with Crippen LogP contribution >= 0.6 is 0 Å². The zero-order valence-corrected chi connectivity index (χ0v) is 17.6. The number of nitrogens with one attached hydrogen (secondary N) is 1. The van der Waals surface area contributed by atoms with Crippen molar-refractivity contribution in [3.8, 4) is 22.8 Å². The number of furan rings is 1. The van der Waals surface area contributed by atoms with E-state index in [1.165, 1.54) is 19.1 Å². The van der Waals surface area contributed by atoms with E-state index < -0.39 is 0 Å². The Morgan fingerprint density at radius 2 is 1.94 bits per heavy atom. The summed E-state index contributed by atoms with van der Waals surface area (Å²) in [6, 6.07) is 16.8. The molecular weight excluding hydrogens is 420 g/mol. The first-order valence-corrected chi connectivity index (χ1v) is 10.9. The summed E-state index contributed by atoms with van der Waals surface area (Å²) in [6.07, 6.45) is 6.23. The topological polar surface area (TPSA) is 112 Å². The first kappa shape index (κ1) is 19.4. The molecule has 1 aliphatic carbocycles. The summed E-state index contributed by atoms with van der Waals surface area (Å²) in [5, 5.41) is 15.7. The number of anilines is 1. The van der Waals surface area contributed by atoms with E-state index in [4.69, 9.17) is 8.94 Å². The van der Waals surface area contributed by atoms with Crippen LogP contribution < -0.4 is 5.32 Å². The summed E-state index contributed by atoms with van der Waals surface area (Å²) in [7, 11) is 0. The van der Waals surface area contributed by atoms with Crippen LogP contribution in [0.15, 0.2) is 69.8 Å². The predicted octanol–water partition coefficient (Wildman–Crippen LogP) is 5.11. The lowest BCUT2D eigenvalue weighted by atomic mass is 10.1. The number of hydrogen-bond acceptors (Lipinski definition) is 7. The van der Waals surface area contributed by atoms with Gasteiger partial charge in [-0.2, -0.15) is 4.98 Å². The Hall–Kier alpha value is -4.27. The summed E-state index contributed by atoms with van der Waals surface area (Å²) in [5.74, 6) is 0.726. The number of nitrogens with zero attached hydrogens (tertiary/aromatic N) is 5. The summed E-state index contributed by atoms with van der Waals surface area (Å²) in [4.78, 5) is 16.8. The van der Waals surface area contributed by atoms with E-state index in [9.17, 15) is 4.79 Å². The second kappa shape index (κ2) is 8.01. The molecule has 1 amide bonds. The number of aromatic nitrogens is 5. The molecule has 1 fully saturated rings. The van der Waals surface area contributed by atoms with Crippen molar-refractivity contribution in [3.05, 3.63) is 66.6 Å². The molecule has 33 heavy (non-hydrogen) atoms. The maximum atomic E-state index is 12.2. The van der Waals surface area contributed by atoms with Crippen LogP contribution in [0.2, 0.25) is 0 Å². The molecule has 0 spiro atoms. The monoisotopic (exact) mass is 440 g/mol. The summed E-state index contributed by atoms with van der Waals surface area (Å²) < 4.78 is 12.7. The molecule has 164 valence electrons. The van der Waals surface area contributed by atoms with E-state index in [2.05, 4.69) is 25.8 Å². The van der Waals surface area contributed by atoms with Crippen molar-refractivity contribution >= 4 is 22.6 Å². The van der Waals surface area contributed by atoms with Crippen LogP contribution in [-0.2, 0) is 0 Å². The van der Waals surface area contributed by atoms with Crippen molar-refractivity contribution in [2.24, 2.45) is 0 Å². The average Bonchev–Trinajstić information content (AvgIpc) is 3.64. The quantitative estimate of drug-likeness (QED) is 0.404. The number of fused-ring (bicyclic) bond motifs is 1. The Morgan fingerprint density at radius 1 is 1.03 bits per heavy atom. The molecule has 0 bridgehead atoms. The molecule has 3 heterocycles. The van der Waals surface area contributed by atoms with Gasteiger partial charge in [0.25, 0.3) is 11.8 Å².